The molecule has 0 spiro atoms. The summed E-state index contributed by atoms with van der Waals surface area (Å²) in [6.45, 7) is 8.17. The Labute approximate surface area is 125 Å². The number of Topliss-reactive ketones (excluding diaryl/α,β-unsaturated/α-hetero) is 1. The van der Waals surface area contributed by atoms with Gasteiger partial charge in [-0.2, -0.15) is 0 Å². The van der Waals surface area contributed by atoms with Gasteiger partial charge in [0.05, 0.1) is 18.8 Å². The molecule has 1 N–H and O–H groups in total. The van der Waals surface area contributed by atoms with Gasteiger partial charge in [-0.3, -0.25) is 9.69 Å². The minimum Gasteiger partial charge on any atom is -0.465 e. The van der Waals surface area contributed by atoms with Gasteiger partial charge in [-0.15, -0.1) is 0 Å². The van der Waals surface area contributed by atoms with Gasteiger partial charge < -0.3 is 14.6 Å². The lowest BCUT2D eigenvalue weighted by atomic mass is 9.91. The van der Waals surface area contributed by atoms with E-state index in [-0.39, 0.29) is 11.9 Å². The number of carbonyl (C=O) groups excluding carboxylic acids is 1. The Bertz CT molecular complexity index is 418. The van der Waals surface area contributed by atoms with Crippen molar-refractivity contribution in [3.63, 3.8) is 0 Å². The van der Waals surface area contributed by atoms with Gasteiger partial charge in [0.1, 0.15) is 5.60 Å². The molecule has 6 heteroatoms. The monoisotopic (exact) mass is 299 g/mol. The summed E-state index contributed by atoms with van der Waals surface area (Å²) in [5, 5.41) is 9.58. The first-order chi connectivity index (χ1) is 9.65. The maximum atomic E-state index is 12.7. The van der Waals surface area contributed by atoms with Crippen LogP contribution in [0.2, 0.25) is 0 Å². The first-order valence-electron chi connectivity index (χ1n) is 7.47. The number of carboxylic acid groups (broad SMARTS) is 1. The number of epoxide rings is 1. The number of carbonyl (C=O) groups is 2. The molecular weight excluding hydrogens is 274 g/mol. The minimum atomic E-state index is -1.08. The lowest BCUT2D eigenvalue weighted by Crippen LogP contribution is -2.57. The highest BCUT2D eigenvalue weighted by Gasteiger charge is 2.53. The van der Waals surface area contributed by atoms with E-state index >= 15 is 0 Å². The largest absolute Gasteiger partial charge is 0.465 e. The molecule has 2 aliphatic heterocycles. The lowest BCUT2D eigenvalue weighted by molar-refractivity contribution is -0.131. The molecule has 120 valence electrons. The van der Waals surface area contributed by atoms with E-state index in [1.807, 2.05) is 0 Å². The van der Waals surface area contributed by atoms with E-state index in [4.69, 9.17) is 9.47 Å². The quantitative estimate of drug-likeness (QED) is 0.786. The highest BCUT2D eigenvalue weighted by Crippen LogP contribution is 2.34. The van der Waals surface area contributed by atoms with Crippen molar-refractivity contribution in [2.24, 2.45) is 0 Å². The molecule has 6 nitrogen and oxygen atoms in total. The number of hydrogen-bond acceptors (Lipinski definition) is 4. The maximum absolute atomic E-state index is 12.7. The van der Waals surface area contributed by atoms with Gasteiger partial charge >= 0.3 is 6.09 Å². The van der Waals surface area contributed by atoms with Gasteiger partial charge in [0.15, 0.2) is 5.78 Å². The Morgan fingerprint density at radius 2 is 2.05 bits per heavy atom. The molecule has 0 aromatic rings. The Balaban J connectivity index is 2.24. The van der Waals surface area contributed by atoms with Crippen LogP contribution in [0.5, 0.6) is 0 Å². The summed E-state index contributed by atoms with van der Waals surface area (Å²) in [4.78, 5) is 25.7. The molecule has 2 aliphatic rings. The molecule has 0 radical (unpaired) electrons. The third-order valence-corrected chi connectivity index (χ3v) is 4.15. The van der Waals surface area contributed by atoms with Crippen molar-refractivity contribution in [1.29, 1.82) is 0 Å². The van der Waals surface area contributed by atoms with Gasteiger partial charge in [0.25, 0.3) is 0 Å². The smallest absolute Gasteiger partial charge is 0.408 e. The number of rotatable bonds is 5. The number of nitrogens with zero attached hydrogens (tertiary/aromatic N) is 1. The van der Waals surface area contributed by atoms with Crippen LogP contribution in [0, 0.1) is 0 Å². The first kappa shape index (κ1) is 16.2. The predicted octanol–water partition coefficient (Wildman–Crippen LogP) is 2.06. The van der Waals surface area contributed by atoms with Gasteiger partial charge in [-0.25, -0.2) is 4.79 Å². The van der Waals surface area contributed by atoms with Crippen LogP contribution < -0.4 is 0 Å². The van der Waals surface area contributed by atoms with Crippen molar-refractivity contribution < 1.29 is 24.2 Å². The van der Waals surface area contributed by atoms with E-state index in [2.05, 4.69) is 0 Å². The van der Waals surface area contributed by atoms with Crippen molar-refractivity contribution in [2.75, 3.05) is 13.2 Å². The van der Waals surface area contributed by atoms with Crippen LogP contribution in [-0.2, 0) is 14.3 Å². The number of hydrogen-bond donors (Lipinski definition) is 1. The number of ketones is 1. The van der Waals surface area contributed by atoms with Crippen molar-refractivity contribution in [3.05, 3.63) is 0 Å². The number of amides is 1. The molecule has 2 heterocycles. The second-order valence-electron chi connectivity index (χ2n) is 7.09. The van der Waals surface area contributed by atoms with E-state index in [0.717, 1.165) is 12.8 Å². The molecule has 2 fully saturated rings. The fraction of sp³-hybridized carbons (Fsp3) is 0.867. The third kappa shape index (κ3) is 3.55. The second kappa shape index (κ2) is 5.57. The van der Waals surface area contributed by atoms with Crippen LogP contribution >= 0.6 is 0 Å². The molecule has 0 unspecified atom stereocenters. The van der Waals surface area contributed by atoms with E-state index in [1.54, 1.807) is 27.7 Å². The second-order valence-corrected chi connectivity index (χ2v) is 7.09. The average Bonchev–Trinajstić information content (AvgIpc) is 2.88. The Kier molecular flexibility index (Phi) is 4.31. The molecule has 0 aliphatic carbocycles. The van der Waals surface area contributed by atoms with Crippen molar-refractivity contribution in [3.8, 4) is 0 Å². The summed E-state index contributed by atoms with van der Waals surface area (Å²) in [7, 11) is 0. The van der Waals surface area contributed by atoms with Gasteiger partial charge in [0.2, 0.25) is 0 Å². The van der Waals surface area contributed by atoms with E-state index in [0.29, 0.717) is 19.6 Å². The van der Waals surface area contributed by atoms with Crippen LogP contribution in [0.15, 0.2) is 0 Å². The highest BCUT2D eigenvalue weighted by atomic mass is 16.6. The van der Waals surface area contributed by atoms with Gasteiger partial charge in [0, 0.05) is 18.6 Å². The summed E-state index contributed by atoms with van der Waals surface area (Å²) in [6, 6.07) is -0.724. The molecule has 2 rings (SSSR count). The molecule has 0 aromatic heterocycles. The van der Waals surface area contributed by atoms with E-state index in [1.165, 1.54) is 4.90 Å². The summed E-state index contributed by atoms with van der Waals surface area (Å²) in [5.74, 6) is -0.157. The summed E-state index contributed by atoms with van der Waals surface area (Å²) in [5.41, 5.74) is -1.49. The topological polar surface area (TPSA) is 79.4 Å². The number of ether oxygens (including phenoxy) is 2. The molecule has 3 atom stereocenters. The molecule has 0 aromatic carbocycles. The zero-order chi connectivity index (χ0) is 15.8. The van der Waals surface area contributed by atoms with Crippen LogP contribution in [0.1, 0.15) is 47.0 Å². The standard InChI is InChI=1S/C15H25NO5/c1-14(2,3)16(13(18)19)11(8-10-6-5-7-20-10)12(17)15(4)9-21-15/h10-11H,5-9H2,1-4H3,(H,18,19)/t10-,11+,15-/m1/s1. The average molecular weight is 299 g/mol. The minimum absolute atomic E-state index is 0.0505. The van der Waals surface area contributed by atoms with Crippen molar-refractivity contribution >= 4 is 11.9 Å². The molecule has 2 saturated heterocycles. The Morgan fingerprint density at radius 3 is 2.43 bits per heavy atom. The summed E-state index contributed by atoms with van der Waals surface area (Å²) >= 11 is 0. The van der Waals surface area contributed by atoms with Crippen LogP contribution in [0.25, 0.3) is 0 Å². The van der Waals surface area contributed by atoms with E-state index in [9.17, 15) is 14.7 Å². The molecule has 1 amide bonds. The van der Waals surface area contributed by atoms with Crippen LogP contribution in [0.3, 0.4) is 0 Å². The van der Waals surface area contributed by atoms with Crippen LogP contribution in [0.4, 0.5) is 4.79 Å². The maximum Gasteiger partial charge on any atom is 0.408 e. The normalized spacial score (nSPS) is 30.0. The van der Waals surface area contributed by atoms with Gasteiger partial charge in [-0.05, 0) is 40.5 Å². The van der Waals surface area contributed by atoms with Crippen molar-refractivity contribution in [1.82, 2.24) is 4.90 Å². The van der Waals surface area contributed by atoms with E-state index < -0.39 is 23.3 Å². The highest BCUT2D eigenvalue weighted by molar-refractivity contribution is 5.95. The fourth-order valence-electron chi connectivity index (χ4n) is 2.90. The molecular formula is C15H25NO5. The predicted molar refractivity (Wildman–Crippen MR) is 76.4 cm³/mol. The lowest BCUT2D eigenvalue weighted by Gasteiger charge is -2.40. The summed E-state index contributed by atoms with van der Waals surface area (Å²) in [6.07, 6.45) is 1.11. The van der Waals surface area contributed by atoms with Gasteiger partial charge in [-0.1, -0.05) is 0 Å². The zero-order valence-electron chi connectivity index (χ0n) is 13.2. The zero-order valence-corrected chi connectivity index (χ0v) is 13.2. The third-order valence-electron chi connectivity index (χ3n) is 4.15. The van der Waals surface area contributed by atoms with Crippen LogP contribution in [-0.4, -0.2) is 58.4 Å². The molecule has 21 heavy (non-hydrogen) atoms. The SMILES string of the molecule is CC(C)(C)N(C(=O)O)[C@@H](C[C@H]1CCCO1)C(=O)[C@@]1(C)CO1. The summed E-state index contributed by atoms with van der Waals surface area (Å²) < 4.78 is 10.8. The Morgan fingerprint density at radius 1 is 1.43 bits per heavy atom. The fourth-order valence-corrected chi connectivity index (χ4v) is 2.90. The van der Waals surface area contributed by atoms with Crippen molar-refractivity contribution in [2.45, 2.75) is 70.2 Å². The Hall–Kier alpha value is -1.14. The molecule has 0 bridgehead atoms. The first-order valence-corrected chi connectivity index (χ1v) is 7.47. The molecule has 0 saturated carbocycles.